The fourth-order valence-corrected chi connectivity index (χ4v) is 4.14. The monoisotopic (exact) mass is 699 g/mol. The van der Waals surface area contributed by atoms with E-state index in [1.54, 1.807) is 24.4 Å². The normalized spacial score (nSPS) is 11.3. The summed E-state index contributed by atoms with van der Waals surface area (Å²) in [6, 6.07) is 33.9. The van der Waals surface area contributed by atoms with E-state index in [1.807, 2.05) is 60.7 Å². The maximum absolute atomic E-state index is 12.3. The molecule has 7 rings (SSSR count). The van der Waals surface area contributed by atoms with Crippen molar-refractivity contribution in [3.8, 4) is 22.7 Å². The van der Waals surface area contributed by atoms with Gasteiger partial charge in [-0.3, -0.25) is 4.98 Å². The topological polar surface area (TPSA) is 52.1 Å². The number of pyridine rings is 1. The summed E-state index contributed by atoms with van der Waals surface area (Å²) < 4.78 is 48.7. The van der Waals surface area contributed by atoms with E-state index in [-0.39, 0.29) is 20.1 Å². The van der Waals surface area contributed by atoms with Crippen LogP contribution in [0.1, 0.15) is 5.56 Å². The molecule has 8 heteroatoms. The van der Waals surface area contributed by atoms with Crippen LogP contribution in [0.15, 0.2) is 112 Å². The Labute approximate surface area is 234 Å². The zero-order chi connectivity index (χ0) is 26.1. The molecule has 0 saturated carbocycles. The summed E-state index contributed by atoms with van der Waals surface area (Å²) in [7, 11) is 0. The second-order valence-corrected chi connectivity index (χ2v) is 8.38. The number of para-hydroxylation sites is 3. The quantitative estimate of drug-likeness (QED) is 0.170. The van der Waals surface area contributed by atoms with Gasteiger partial charge >= 0.3 is 6.18 Å². The number of halogens is 3. The molecule has 0 amide bonds. The van der Waals surface area contributed by atoms with Crippen LogP contribution in [0.2, 0.25) is 0 Å². The number of hydrogen-bond donors (Lipinski definition) is 0. The molecule has 0 aliphatic carbocycles. The van der Waals surface area contributed by atoms with Crippen LogP contribution in [0.4, 0.5) is 13.2 Å². The van der Waals surface area contributed by atoms with Gasteiger partial charge in [0.25, 0.3) is 0 Å². The maximum atomic E-state index is 12.3. The summed E-state index contributed by atoms with van der Waals surface area (Å²) in [5.74, 6) is 0.568. The Kier molecular flexibility index (Phi) is 7.33. The van der Waals surface area contributed by atoms with Gasteiger partial charge in [0.15, 0.2) is 0 Å². The molecule has 0 aliphatic heterocycles. The summed E-state index contributed by atoms with van der Waals surface area (Å²) in [5, 5.41) is 2.04. The van der Waals surface area contributed by atoms with Crippen LogP contribution in [0.3, 0.4) is 0 Å². The van der Waals surface area contributed by atoms with Crippen molar-refractivity contribution in [1.82, 2.24) is 9.97 Å². The van der Waals surface area contributed by atoms with Gasteiger partial charge in [0.05, 0.1) is 11.1 Å². The van der Waals surface area contributed by atoms with Crippen molar-refractivity contribution in [2.75, 3.05) is 0 Å². The number of nitrogens with zero attached hydrogens (tertiary/aromatic N) is 2. The SMILES string of the molecule is FC(F)(F)c1c[c-]c(-c2ccccn2)cc1.[Ir].[c-]1ccc2oc3ccccc3c2c1-c1nc2ccccc2o1. The molecule has 0 spiro atoms. The zero-order valence-electron chi connectivity index (χ0n) is 20.0. The van der Waals surface area contributed by atoms with Gasteiger partial charge in [-0.25, -0.2) is 0 Å². The van der Waals surface area contributed by atoms with Crippen LogP contribution < -0.4 is 0 Å². The van der Waals surface area contributed by atoms with Gasteiger partial charge in [0.1, 0.15) is 17.1 Å². The van der Waals surface area contributed by atoms with Crippen LogP contribution in [-0.2, 0) is 26.3 Å². The van der Waals surface area contributed by atoms with E-state index in [1.165, 1.54) is 6.07 Å². The Morgan fingerprint density at radius 2 is 1.49 bits per heavy atom. The van der Waals surface area contributed by atoms with Crippen molar-refractivity contribution in [3.63, 3.8) is 0 Å². The van der Waals surface area contributed by atoms with E-state index in [0.717, 1.165) is 50.7 Å². The van der Waals surface area contributed by atoms with Gasteiger partial charge in [0.2, 0.25) is 0 Å². The van der Waals surface area contributed by atoms with Crippen molar-refractivity contribution in [1.29, 1.82) is 0 Å². The van der Waals surface area contributed by atoms with Crippen molar-refractivity contribution < 1.29 is 42.1 Å². The Bertz CT molecular complexity index is 1830. The molecule has 3 aromatic heterocycles. The minimum absolute atomic E-state index is 0. The van der Waals surface area contributed by atoms with Crippen LogP contribution in [0, 0.1) is 12.1 Å². The number of alkyl halides is 3. The van der Waals surface area contributed by atoms with Crippen molar-refractivity contribution in [2.45, 2.75) is 6.18 Å². The number of benzene rings is 4. The largest absolute Gasteiger partial charge is 0.481 e. The van der Waals surface area contributed by atoms with E-state index in [0.29, 0.717) is 17.1 Å². The summed E-state index contributed by atoms with van der Waals surface area (Å²) in [6.07, 6.45) is -2.74. The average Bonchev–Trinajstić information content (AvgIpc) is 3.55. The van der Waals surface area contributed by atoms with E-state index in [2.05, 4.69) is 22.1 Å². The second-order valence-electron chi connectivity index (χ2n) is 8.38. The number of furan rings is 1. The second kappa shape index (κ2) is 10.8. The average molecular weight is 699 g/mol. The minimum atomic E-state index is -4.32. The van der Waals surface area contributed by atoms with E-state index >= 15 is 0 Å². The molecule has 0 N–H and O–H groups in total. The van der Waals surface area contributed by atoms with Gasteiger partial charge in [-0.05, 0) is 40.9 Å². The molecular weight excluding hydrogens is 682 g/mol. The molecule has 39 heavy (non-hydrogen) atoms. The van der Waals surface area contributed by atoms with Crippen molar-refractivity contribution in [2.24, 2.45) is 0 Å². The number of rotatable bonds is 2. The Balaban J connectivity index is 0.000000163. The first kappa shape index (κ1) is 26.4. The standard InChI is InChI=1S/C19H10NO2.C12H7F3N.Ir/c1-3-9-15-12(6-1)18-13(7-5-11-17(18)21-15)19-20-14-8-2-4-10-16(14)22-19;13-12(14,15)10-6-4-9(5-7-10)11-3-1-2-8-16-11;/h1-6,8-11H;1-4,6-8H;/q2*-1;. The number of aromatic nitrogens is 2. The molecular formula is C31H17F3IrN2O2-2. The van der Waals surface area contributed by atoms with Crippen molar-refractivity contribution in [3.05, 3.63) is 121 Å². The van der Waals surface area contributed by atoms with Crippen LogP contribution >= 0.6 is 0 Å². The third-order valence-electron chi connectivity index (χ3n) is 5.92. The molecule has 0 aliphatic rings. The zero-order valence-corrected chi connectivity index (χ0v) is 22.4. The van der Waals surface area contributed by atoms with E-state index in [4.69, 9.17) is 8.83 Å². The van der Waals surface area contributed by atoms with Gasteiger partial charge in [-0.2, -0.15) is 13.2 Å². The Morgan fingerprint density at radius 1 is 0.718 bits per heavy atom. The molecule has 0 fully saturated rings. The molecule has 0 unspecified atom stereocenters. The fraction of sp³-hybridized carbons (Fsp3) is 0.0323. The predicted molar refractivity (Wildman–Crippen MR) is 139 cm³/mol. The van der Waals surface area contributed by atoms with Gasteiger partial charge in [-0.1, -0.05) is 59.5 Å². The fourth-order valence-electron chi connectivity index (χ4n) is 4.14. The third-order valence-corrected chi connectivity index (χ3v) is 5.92. The number of fused-ring (bicyclic) bond motifs is 4. The molecule has 0 saturated heterocycles. The van der Waals surface area contributed by atoms with Gasteiger partial charge in [0, 0.05) is 26.3 Å². The van der Waals surface area contributed by atoms with E-state index < -0.39 is 11.7 Å². The first-order valence-corrected chi connectivity index (χ1v) is 11.7. The third kappa shape index (κ3) is 5.35. The first-order valence-electron chi connectivity index (χ1n) is 11.7. The molecule has 7 aromatic rings. The van der Waals surface area contributed by atoms with Gasteiger partial charge < -0.3 is 13.8 Å². The number of hydrogen-bond acceptors (Lipinski definition) is 4. The van der Waals surface area contributed by atoms with E-state index in [9.17, 15) is 13.2 Å². The first-order chi connectivity index (χ1) is 18.5. The Morgan fingerprint density at radius 3 is 2.21 bits per heavy atom. The number of oxazole rings is 1. The minimum Gasteiger partial charge on any atom is -0.481 e. The summed E-state index contributed by atoms with van der Waals surface area (Å²) in [5.41, 5.74) is 4.58. The summed E-state index contributed by atoms with van der Waals surface area (Å²) in [6.45, 7) is 0. The molecule has 4 nitrogen and oxygen atoms in total. The summed E-state index contributed by atoms with van der Waals surface area (Å²) >= 11 is 0. The molecule has 0 bridgehead atoms. The molecule has 3 heterocycles. The maximum Gasteiger partial charge on any atom is 0.381 e. The van der Waals surface area contributed by atoms with Crippen LogP contribution in [-0.4, -0.2) is 9.97 Å². The molecule has 4 aromatic carbocycles. The van der Waals surface area contributed by atoms with Gasteiger partial charge in [-0.15, -0.1) is 42.0 Å². The molecule has 195 valence electrons. The van der Waals surface area contributed by atoms with Crippen LogP contribution in [0.5, 0.6) is 0 Å². The molecule has 0 atom stereocenters. The molecule has 1 radical (unpaired) electrons. The predicted octanol–water partition coefficient (Wildman–Crippen LogP) is 8.76. The smallest absolute Gasteiger partial charge is 0.381 e. The van der Waals surface area contributed by atoms with Crippen molar-refractivity contribution >= 4 is 33.0 Å². The van der Waals surface area contributed by atoms with Crippen LogP contribution in [0.25, 0.3) is 55.7 Å². The Hall–Kier alpha value is -4.26. The summed E-state index contributed by atoms with van der Waals surface area (Å²) in [4.78, 5) is 8.61.